The molecule has 0 saturated carbocycles. The Hall–Kier alpha value is -1.60. The maximum atomic E-state index is 13.4. The normalized spacial score (nSPS) is 11.3. The van der Waals surface area contributed by atoms with E-state index in [0.717, 1.165) is 6.07 Å². The van der Waals surface area contributed by atoms with Crippen LogP contribution in [-0.4, -0.2) is 8.42 Å². The number of rotatable bonds is 3. The Kier molecular flexibility index (Phi) is 4.01. The van der Waals surface area contributed by atoms with Crippen LogP contribution in [0.2, 0.25) is 0 Å². The van der Waals surface area contributed by atoms with Crippen LogP contribution in [-0.2, 0) is 10.0 Å². The quantitative estimate of drug-likeness (QED) is 0.827. The van der Waals surface area contributed by atoms with Crippen LogP contribution < -0.4 is 10.5 Å². The van der Waals surface area contributed by atoms with Crippen LogP contribution >= 0.6 is 15.9 Å². The fraction of sp³-hybridized carbons (Fsp3) is 0.0769. The maximum Gasteiger partial charge on any atom is 0.264 e. The van der Waals surface area contributed by atoms with Gasteiger partial charge in [0.1, 0.15) is 10.7 Å². The molecule has 0 spiro atoms. The number of benzene rings is 2. The molecule has 0 bridgehead atoms. The first-order chi connectivity index (χ1) is 9.31. The third kappa shape index (κ3) is 2.94. The van der Waals surface area contributed by atoms with Crippen LogP contribution in [0.5, 0.6) is 0 Å². The van der Waals surface area contributed by atoms with Crippen molar-refractivity contribution in [2.75, 3.05) is 10.5 Å². The number of nitrogens with one attached hydrogen (secondary N) is 1. The minimum Gasteiger partial charge on any atom is -0.398 e. The monoisotopic (exact) mass is 358 g/mol. The number of anilines is 2. The fourth-order valence-corrected chi connectivity index (χ4v) is 3.46. The third-order valence-electron chi connectivity index (χ3n) is 2.68. The molecule has 0 radical (unpaired) electrons. The van der Waals surface area contributed by atoms with E-state index in [-0.39, 0.29) is 20.7 Å². The van der Waals surface area contributed by atoms with Crippen LogP contribution in [0.25, 0.3) is 0 Å². The highest BCUT2D eigenvalue weighted by atomic mass is 79.9. The summed E-state index contributed by atoms with van der Waals surface area (Å²) in [5.41, 5.74) is 6.52. The Balaban J connectivity index is 2.43. The molecular weight excluding hydrogens is 347 g/mol. The second-order valence-electron chi connectivity index (χ2n) is 4.23. The first kappa shape index (κ1) is 14.8. The van der Waals surface area contributed by atoms with Crippen LogP contribution in [0.3, 0.4) is 0 Å². The lowest BCUT2D eigenvalue weighted by molar-refractivity contribution is 0.601. The molecule has 4 nitrogen and oxygen atoms in total. The molecule has 0 amide bonds. The van der Waals surface area contributed by atoms with E-state index >= 15 is 0 Å². The minimum atomic E-state index is -3.86. The number of nitrogens with two attached hydrogens (primary N) is 1. The van der Waals surface area contributed by atoms with Crippen molar-refractivity contribution >= 4 is 37.3 Å². The number of hydrogen-bond acceptors (Lipinski definition) is 3. The van der Waals surface area contributed by atoms with Gasteiger partial charge in [0.2, 0.25) is 0 Å². The molecule has 2 aromatic rings. The van der Waals surface area contributed by atoms with Gasteiger partial charge in [-0.25, -0.2) is 12.8 Å². The van der Waals surface area contributed by atoms with Gasteiger partial charge in [-0.3, -0.25) is 4.72 Å². The minimum absolute atomic E-state index is 0.00308. The first-order valence-electron chi connectivity index (χ1n) is 5.64. The van der Waals surface area contributed by atoms with Gasteiger partial charge in [-0.1, -0.05) is 12.1 Å². The van der Waals surface area contributed by atoms with Crippen LogP contribution in [0.1, 0.15) is 5.56 Å². The molecule has 0 aliphatic rings. The highest BCUT2D eigenvalue weighted by Crippen LogP contribution is 2.26. The maximum absolute atomic E-state index is 13.4. The van der Waals surface area contributed by atoms with Gasteiger partial charge in [-0.05, 0) is 52.7 Å². The first-order valence-corrected chi connectivity index (χ1v) is 7.92. The zero-order chi connectivity index (χ0) is 14.9. The molecular formula is C13H12BrFN2O2S. The molecule has 20 heavy (non-hydrogen) atoms. The summed E-state index contributed by atoms with van der Waals surface area (Å²) in [5, 5.41) is 0. The summed E-state index contributed by atoms with van der Waals surface area (Å²) in [6, 6.07) is 8.80. The average molecular weight is 359 g/mol. The van der Waals surface area contributed by atoms with E-state index in [0.29, 0.717) is 5.56 Å². The second kappa shape index (κ2) is 5.41. The highest BCUT2D eigenvalue weighted by molar-refractivity contribution is 9.10. The predicted octanol–water partition coefficient (Wildman–Crippen LogP) is 3.28. The predicted molar refractivity (Wildman–Crippen MR) is 80.5 cm³/mol. The van der Waals surface area contributed by atoms with Crippen molar-refractivity contribution in [1.82, 2.24) is 0 Å². The van der Waals surface area contributed by atoms with Crippen molar-refractivity contribution in [2.45, 2.75) is 11.8 Å². The lowest BCUT2D eigenvalue weighted by Gasteiger charge is -2.12. The smallest absolute Gasteiger partial charge is 0.264 e. The molecule has 2 rings (SSSR count). The number of halogens is 2. The van der Waals surface area contributed by atoms with Crippen molar-refractivity contribution < 1.29 is 12.8 Å². The van der Waals surface area contributed by atoms with E-state index in [1.54, 1.807) is 19.1 Å². The van der Waals surface area contributed by atoms with Gasteiger partial charge >= 0.3 is 0 Å². The van der Waals surface area contributed by atoms with E-state index in [4.69, 9.17) is 5.73 Å². The van der Waals surface area contributed by atoms with E-state index in [2.05, 4.69) is 20.7 Å². The molecule has 0 saturated heterocycles. The van der Waals surface area contributed by atoms with Crippen LogP contribution in [0, 0.1) is 12.7 Å². The Morgan fingerprint density at radius 2 is 1.95 bits per heavy atom. The molecule has 3 N–H and O–H groups in total. The summed E-state index contributed by atoms with van der Waals surface area (Å²) in [6.45, 7) is 1.65. The molecule has 0 aliphatic carbocycles. The number of sulfonamides is 1. The van der Waals surface area contributed by atoms with Crippen molar-refractivity contribution in [2.24, 2.45) is 0 Å². The van der Waals surface area contributed by atoms with E-state index < -0.39 is 15.8 Å². The van der Waals surface area contributed by atoms with Crippen LogP contribution in [0.4, 0.5) is 15.8 Å². The summed E-state index contributed by atoms with van der Waals surface area (Å²) in [4.78, 5) is 0.00308. The second-order valence-corrected chi connectivity index (χ2v) is 6.70. The summed E-state index contributed by atoms with van der Waals surface area (Å²) >= 11 is 3.00. The summed E-state index contributed by atoms with van der Waals surface area (Å²) < 4.78 is 40.6. The molecule has 0 fully saturated rings. The molecule has 0 atom stereocenters. The van der Waals surface area contributed by atoms with E-state index in [9.17, 15) is 12.8 Å². The number of hydrogen-bond donors (Lipinski definition) is 2. The van der Waals surface area contributed by atoms with Crippen molar-refractivity contribution in [3.63, 3.8) is 0 Å². The van der Waals surface area contributed by atoms with Gasteiger partial charge in [0.05, 0.1) is 15.8 Å². The molecule has 7 heteroatoms. The Labute approximate surface area is 125 Å². The SMILES string of the molecule is Cc1cccc(N)c1S(=O)(=O)Nc1ccc(Br)c(F)c1. The topological polar surface area (TPSA) is 72.2 Å². The summed E-state index contributed by atoms with van der Waals surface area (Å²) in [5.74, 6) is -0.553. The number of aryl methyl sites for hydroxylation is 1. The molecule has 2 aromatic carbocycles. The fourth-order valence-electron chi connectivity index (χ4n) is 1.81. The Bertz CT molecular complexity index is 743. The zero-order valence-electron chi connectivity index (χ0n) is 10.5. The van der Waals surface area contributed by atoms with E-state index in [1.807, 2.05) is 0 Å². The highest BCUT2D eigenvalue weighted by Gasteiger charge is 2.20. The van der Waals surface area contributed by atoms with Gasteiger partial charge in [0, 0.05) is 0 Å². The number of nitrogen functional groups attached to an aromatic ring is 1. The lowest BCUT2D eigenvalue weighted by atomic mass is 10.2. The lowest BCUT2D eigenvalue weighted by Crippen LogP contribution is -2.16. The standard InChI is InChI=1S/C13H12BrFN2O2S/c1-8-3-2-4-12(16)13(8)20(18,19)17-9-5-6-10(14)11(15)7-9/h2-7,17H,16H2,1H3. The van der Waals surface area contributed by atoms with Crippen molar-refractivity contribution in [3.8, 4) is 0 Å². The Morgan fingerprint density at radius 1 is 1.25 bits per heavy atom. The summed E-state index contributed by atoms with van der Waals surface area (Å²) in [6.07, 6.45) is 0. The zero-order valence-corrected chi connectivity index (χ0v) is 12.9. The van der Waals surface area contributed by atoms with Crippen molar-refractivity contribution in [3.05, 3.63) is 52.3 Å². The third-order valence-corrected chi connectivity index (χ3v) is 4.93. The van der Waals surface area contributed by atoms with Gasteiger partial charge in [0.15, 0.2) is 0 Å². The molecule has 0 aliphatic heterocycles. The van der Waals surface area contributed by atoms with E-state index in [1.165, 1.54) is 18.2 Å². The molecule has 106 valence electrons. The largest absolute Gasteiger partial charge is 0.398 e. The van der Waals surface area contributed by atoms with Gasteiger partial charge in [0.25, 0.3) is 10.0 Å². The van der Waals surface area contributed by atoms with Crippen molar-refractivity contribution in [1.29, 1.82) is 0 Å². The van der Waals surface area contributed by atoms with Gasteiger partial charge in [-0.2, -0.15) is 0 Å². The molecule has 0 aromatic heterocycles. The van der Waals surface area contributed by atoms with Crippen LogP contribution in [0.15, 0.2) is 45.8 Å². The van der Waals surface area contributed by atoms with Gasteiger partial charge in [-0.15, -0.1) is 0 Å². The summed E-state index contributed by atoms with van der Waals surface area (Å²) in [7, 11) is -3.86. The molecule has 0 heterocycles. The van der Waals surface area contributed by atoms with Gasteiger partial charge < -0.3 is 5.73 Å². The average Bonchev–Trinajstić information content (AvgIpc) is 2.33. The Morgan fingerprint density at radius 3 is 2.55 bits per heavy atom. The molecule has 0 unspecified atom stereocenters.